The van der Waals surface area contributed by atoms with Crippen molar-refractivity contribution in [3.8, 4) is 5.75 Å². The summed E-state index contributed by atoms with van der Waals surface area (Å²) in [4.78, 5) is 0. The Bertz CT molecular complexity index is 297. The van der Waals surface area contributed by atoms with Gasteiger partial charge in [-0.25, -0.2) is 0 Å². The number of phenols is 1. The molecule has 0 spiro atoms. The topological polar surface area (TPSA) is 55.5 Å². The maximum atomic E-state index is 9.16. The molecule has 14 heavy (non-hydrogen) atoms. The SMILES string of the molecule is NC1CCOCC1c1ccc(O)cc1. The molecule has 0 aliphatic carbocycles. The van der Waals surface area contributed by atoms with Crippen molar-refractivity contribution in [2.45, 2.75) is 18.4 Å². The van der Waals surface area contributed by atoms with Crippen molar-refractivity contribution in [1.29, 1.82) is 0 Å². The largest absolute Gasteiger partial charge is 0.508 e. The van der Waals surface area contributed by atoms with Gasteiger partial charge in [0.25, 0.3) is 0 Å². The quantitative estimate of drug-likeness (QED) is 0.705. The van der Waals surface area contributed by atoms with E-state index in [2.05, 4.69) is 0 Å². The number of hydrogen-bond donors (Lipinski definition) is 2. The number of phenolic OH excluding ortho intramolecular Hbond substituents is 1. The summed E-state index contributed by atoms with van der Waals surface area (Å²) in [6, 6.07) is 7.38. The minimum absolute atomic E-state index is 0.174. The van der Waals surface area contributed by atoms with Gasteiger partial charge in [-0.2, -0.15) is 0 Å². The molecule has 2 unspecified atom stereocenters. The van der Waals surface area contributed by atoms with E-state index in [1.165, 1.54) is 0 Å². The van der Waals surface area contributed by atoms with Gasteiger partial charge in [-0.1, -0.05) is 12.1 Å². The zero-order chi connectivity index (χ0) is 9.97. The Hall–Kier alpha value is -1.06. The molecule has 3 heteroatoms. The highest BCUT2D eigenvalue weighted by atomic mass is 16.5. The average Bonchev–Trinajstić information content (AvgIpc) is 2.20. The van der Waals surface area contributed by atoms with Gasteiger partial charge in [0.05, 0.1) is 6.61 Å². The Balaban J connectivity index is 2.16. The molecule has 2 rings (SSSR count). The molecule has 1 heterocycles. The summed E-state index contributed by atoms with van der Waals surface area (Å²) in [6.45, 7) is 1.45. The number of aromatic hydroxyl groups is 1. The van der Waals surface area contributed by atoms with Crippen LogP contribution in [0.15, 0.2) is 24.3 Å². The molecule has 3 N–H and O–H groups in total. The molecule has 0 bridgehead atoms. The molecule has 3 nitrogen and oxygen atoms in total. The first-order valence-electron chi connectivity index (χ1n) is 4.89. The molecule has 1 fully saturated rings. The zero-order valence-electron chi connectivity index (χ0n) is 8.02. The summed E-state index contributed by atoms with van der Waals surface area (Å²) in [6.07, 6.45) is 0.908. The van der Waals surface area contributed by atoms with Gasteiger partial charge in [0.1, 0.15) is 5.75 Å². The molecule has 76 valence electrons. The van der Waals surface area contributed by atoms with Crippen LogP contribution in [0.4, 0.5) is 0 Å². The molecule has 0 saturated carbocycles. The van der Waals surface area contributed by atoms with E-state index in [0.717, 1.165) is 18.6 Å². The van der Waals surface area contributed by atoms with Gasteiger partial charge < -0.3 is 15.6 Å². The first-order valence-corrected chi connectivity index (χ1v) is 4.89. The predicted octanol–water partition coefficient (Wildman–Crippen LogP) is 1.22. The highest BCUT2D eigenvalue weighted by Crippen LogP contribution is 2.25. The van der Waals surface area contributed by atoms with Crippen LogP contribution in [0.5, 0.6) is 5.75 Å². The fraction of sp³-hybridized carbons (Fsp3) is 0.455. The van der Waals surface area contributed by atoms with E-state index in [1.807, 2.05) is 12.1 Å². The van der Waals surface area contributed by atoms with Crippen LogP contribution in [0.25, 0.3) is 0 Å². The second-order valence-corrected chi connectivity index (χ2v) is 3.73. The fourth-order valence-electron chi connectivity index (χ4n) is 1.82. The van der Waals surface area contributed by atoms with E-state index in [4.69, 9.17) is 15.6 Å². The highest BCUT2D eigenvalue weighted by Gasteiger charge is 2.23. The van der Waals surface area contributed by atoms with Crippen LogP contribution in [-0.2, 0) is 4.74 Å². The third kappa shape index (κ3) is 1.89. The summed E-state index contributed by atoms with van der Waals surface area (Å²) in [7, 11) is 0. The van der Waals surface area contributed by atoms with Gasteiger partial charge >= 0.3 is 0 Å². The molecule has 1 aromatic rings. The van der Waals surface area contributed by atoms with Gasteiger partial charge in [-0.3, -0.25) is 0 Å². The third-order valence-corrected chi connectivity index (χ3v) is 2.73. The zero-order valence-corrected chi connectivity index (χ0v) is 8.02. The number of benzene rings is 1. The molecular formula is C11H15NO2. The van der Waals surface area contributed by atoms with Crippen LogP contribution >= 0.6 is 0 Å². The van der Waals surface area contributed by atoms with Crippen molar-refractivity contribution in [2.75, 3.05) is 13.2 Å². The first-order chi connectivity index (χ1) is 6.77. The van der Waals surface area contributed by atoms with Crippen LogP contribution < -0.4 is 5.73 Å². The Labute approximate surface area is 83.5 Å². The van der Waals surface area contributed by atoms with Crippen molar-refractivity contribution in [3.63, 3.8) is 0 Å². The second kappa shape index (κ2) is 3.98. The molecule has 0 amide bonds. The molecule has 2 atom stereocenters. The highest BCUT2D eigenvalue weighted by molar-refractivity contribution is 5.29. The minimum Gasteiger partial charge on any atom is -0.508 e. The van der Waals surface area contributed by atoms with E-state index in [0.29, 0.717) is 12.4 Å². The van der Waals surface area contributed by atoms with E-state index < -0.39 is 0 Å². The van der Waals surface area contributed by atoms with E-state index in [-0.39, 0.29) is 12.0 Å². The minimum atomic E-state index is 0.174. The number of ether oxygens (including phenoxy) is 1. The van der Waals surface area contributed by atoms with Crippen LogP contribution in [0.3, 0.4) is 0 Å². The lowest BCUT2D eigenvalue weighted by Crippen LogP contribution is -2.36. The van der Waals surface area contributed by atoms with Gasteiger partial charge in [-0.15, -0.1) is 0 Å². The standard InChI is InChI=1S/C11H15NO2/c12-11-5-6-14-7-10(11)8-1-3-9(13)4-2-8/h1-4,10-11,13H,5-7,12H2. The lowest BCUT2D eigenvalue weighted by Gasteiger charge is -2.28. The molecule has 1 aliphatic heterocycles. The third-order valence-electron chi connectivity index (χ3n) is 2.73. The summed E-state index contributed by atoms with van der Waals surface area (Å²) in [5, 5.41) is 9.16. The number of nitrogens with two attached hydrogens (primary N) is 1. The molecule has 1 saturated heterocycles. The summed E-state index contributed by atoms with van der Waals surface area (Å²) < 4.78 is 5.39. The monoisotopic (exact) mass is 193 g/mol. The Kier molecular flexibility index (Phi) is 2.70. The van der Waals surface area contributed by atoms with Crippen LogP contribution in [0.1, 0.15) is 17.9 Å². The Morgan fingerprint density at radius 2 is 2.00 bits per heavy atom. The summed E-state index contributed by atoms with van der Waals surface area (Å²) in [5.74, 6) is 0.559. The predicted molar refractivity (Wildman–Crippen MR) is 54.3 cm³/mol. The number of hydrogen-bond acceptors (Lipinski definition) is 3. The average molecular weight is 193 g/mol. The van der Waals surface area contributed by atoms with Crippen molar-refractivity contribution in [2.24, 2.45) is 5.73 Å². The van der Waals surface area contributed by atoms with E-state index in [1.54, 1.807) is 12.1 Å². The van der Waals surface area contributed by atoms with Crippen molar-refractivity contribution in [3.05, 3.63) is 29.8 Å². The van der Waals surface area contributed by atoms with Crippen molar-refractivity contribution in [1.82, 2.24) is 0 Å². The Morgan fingerprint density at radius 1 is 1.29 bits per heavy atom. The van der Waals surface area contributed by atoms with E-state index in [9.17, 15) is 0 Å². The molecule has 0 aromatic heterocycles. The maximum absolute atomic E-state index is 9.16. The van der Waals surface area contributed by atoms with Crippen molar-refractivity contribution >= 4 is 0 Å². The maximum Gasteiger partial charge on any atom is 0.115 e. The van der Waals surface area contributed by atoms with Gasteiger partial charge in [0.2, 0.25) is 0 Å². The van der Waals surface area contributed by atoms with Gasteiger partial charge in [0.15, 0.2) is 0 Å². The normalized spacial score (nSPS) is 27.5. The van der Waals surface area contributed by atoms with Crippen molar-refractivity contribution < 1.29 is 9.84 Å². The van der Waals surface area contributed by atoms with E-state index >= 15 is 0 Å². The van der Waals surface area contributed by atoms with Crippen LogP contribution in [0.2, 0.25) is 0 Å². The van der Waals surface area contributed by atoms with Gasteiger partial charge in [0, 0.05) is 18.6 Å². The fourth-order valence-corrected chi connectivity index (χ4v) is 1.82. The lowest BCUT2D eigenvalue weighted by atomic mass is 9.89. The first kappa shape index (κ1) is 9.49. The summed E-state index contributed by atoms with van der Waals surface area (Å²) >= 11 is 0. The second-order valence-electron chi connectivity index (χ2n) is 3.73. The van der Waals surface area contributed by atoms with Crippen LogP contribution in [-0.4, -0.2) is 24.4 Å². The smallest absolute Gasteiger partial charge is 0.115 e. The summed E-state index contributed by atoms with van der Waals surface area (Å²) in [5.41, 5.74) is 7.15. The molecule has 0 radical (unpaired) electrons. The van der Waals surface area contributed by atoms with Gasteiger partial charge in [-0.05, 0) is 24.1 Å². The molecule has 1 aliphatic rings. The Morgan fingerprint density at radius 3 is 2.64 bits per heavy atom. The lowest BCUT2D eigenvalue weighted by molar-refractivity contribution is 0.0691. The number of rotatable bonds is 1. The van der Waals surface area contributed by atoms with Crippen LogP contribution in [0, 0.1) is 0 Å². The molecular weight excluding hydrogens is 178 g/mol. The molecule has 1 aromatic carbocycles.